The topological polar surface area (TPSA) is 50.9 Å². The molecule has 0 bridgehead atoms. The van der Waals surface area contributed by atoms with Gasteiger partial charge in [0, 0.05) is 5.69 Å². The van der Waals surface area contributed by atoms with E-state index in [0.29, 0.717) is 11.3 Å². The summed E-state index contributed by atoms with van der Waals surface area (Å²) >= 11 is 0. The number of alkyl halides is 3. The first-order valence-electron chi connectivity index (χ1n) is 5.63. The van der Waals surface area contributed by atoms with E-state index >= 15 is 0 Å². The molecule has 1 aromatic carbocycles. The molecule has 0 aliphatic rings. The summed E-state index contributed by atoms with van der Waals surface area (Å²) in [6.45, 7) is 1.58. The molecule has 0 radical (unpaired) electrons. The number of nitrogens with two attached hydrogens (primary N) is 1. The fraction of sp³-hybridized carbons (Fsp3) is 0.154. The van der Waals surface area contributed by atoms with Gasteiger partial charge in [-0.3, -0.25) is 0 Å². The molecule has 7 heteroatoms. The highest BCUT2D eigenvalue weighted by Crippen LogP contribution is 2.32. The predicted molar refractivity (Wildman–Crippen MR) is 68.1 cm³/mol. The van der Waals surface area contributed by atoms with Crippen LogP contribution in [0, 0.1) is 12.7 Å². The van der Waals surface area contributed by atoms with Crippen molar-refractivity contribution in [3.8, 4) is 0 Å². The maximum atomic E-state index is 13.4. The first-order chi connectivity index (χ1) is 9.25. The minimum absolute atomic E-state index is 0.0967. The van der Waals surface area contributed by atoms with E-state index in [1.165, 1.54) is 18.2 Å². The summed E-state index contributed by atoms with van der Waals surface area (Å²) in [7, 11) is 0. The van der Waals surface area contributed by atoms with Crippen LogP contribution in [0.1, 0.15) is 11.1 Å². The van der Waals surface area contributed by atoms with Gasteiger partial charge in [-0.2, -0.15) is 13.2 Å². The van der Waals surface area contributed by atoms with Crippen molar-refractivity contribution >= 4 is 17.3 Å². The molecule has 1 aromatic heterocycles. The van der Waals surface area contributed by atoms with Gasteiger partial charge in [-0.15, -0.1) is 0 Å². The number of nitrogen functional groups attached to an aromatic ring is 1. The average molecular weight is 285 g/mol. The molecular weight excluding hydrogens is 274 g/mol. The van der Waals surface area contributed by atoms with Crippen molar-refractivity contribution in [2.45, 2.75) is 13.1 Å². The van der Waals surface area contributed by atoms with Crippen LogP contribution in [0.4, 0.5) is 34.9 Å². The monoisotopic (exact) mass is 285 g/mol. The molecular formula is C13H11F4N3. The molecule has 0 spiro atoms. The van der Waals surface area contributed by atoms with Gasteiger partial charge in [-0.25, -0.2) is 9.37 Å². The SMILES string of the molecule is Cc1ccc(Nc2cc(C(F)(F)F)cc(N)n2)cc1F. The van der Waals surface area contributed by atoms with E-state index in [0.717, 1.165) is 12.1 Å². The van der Waals surface area contributed by atoms with E-state index in [2.05, 4.69) is 10.3 Å². The Kier molecular flexibility index (Phi) is 3.52. The first kappa shape index (κ1) is 14.1. The Morgan fingerprint density at radius 1 is 1.15 bits per heavy atom. The fourth-order valence-corrected chi connectivity index (χ4v) is 1.60. The molecule has 3 N–H and O–H groups in total. The third-order valence-electron chi connectivity index (χ3n) is 2.62. The molecule has 0 saturated carbocycles. The lowest BCUT2D eigenvalue weighted by atomic mass is 10.2. The molecule has 1 heterocycles. The summed E-state index contributed by atoms with van der Waals surface area (Å²) in [6.07, 6.45) is -4.52. The van der Waals surface area contributed by atoms with Gasteiger partial charge in [-0.1, -0.05) is 6.07 Å². The number of nitrogens with zero attached hydrogens (tertiary/aromatic N) is 1. The van der Waals surface area contributed by atoms with Crippen LogP contribution in [-0.2, 0) is 6.18 Å². The van der Waals surface area contributed by atoms with Crippen LogP contribution in [0.15, 0.2) is 30.3 Å². The molecule has 2 rings (SSSR count). The molecule has 0 atom stereocenters. The average Bonchev–Trinajstić information content (AvgIpc) is 2.32. The number of rotatable bonds is 2. The summed E-state index contributed by atoms with van der Waals surface area (Å²) in [6, 6.07) is 5.77. The Morgan fingerprint density at radius 3 is 2.45 bits per heavy atom. The standard InChI is InChI=1S/C13H11F4N3/c1-7-2-3-9(6-10(7)14)19-12-5-8(13(15,16)17)4-11(18)20-12/h2-6H,1H3,(H3,18,19,20). The Labute approximate surface area is 112 Å². The molecule has 0 aliphatic carbocycles. The quantitative estimate of drug-likeness (QED) is 0.823. The van der Waals surface area contributed by atoms with E-state index in [4.69, 9.17) is 5.73 Å². The first-order valence-corrected chi connectivity index (χ1v) is 5.63. The third kappa shape index (κ3) is 3.17. The molecule has 0 unspecified atom stereocenters. The summed E-state index contributed by atoms with van der Waals surface area (Å²) in [5.41, 5.74) is 5.15. The van der Waals surface area contributed by atoms with Gasteiger partial charge >= 0.3 is 6.18 Å². The second-order valence-corrected chi connectivity index (χ2v) is 4.25. The number of pyridine rings is 1. The fourth-order valence-electron chi connectivity index (χ4n) is 1.60. The smallest absolute Gasteiger partial charge is 0.384 e. The predicted octanol–water partition coefficient (Wildman–Crippen LogP) is 3.87. The number of anilines is 3. The number of halogens is 4. The largest absolute Gasteiger partial charge is 0.416 e. The van der Waals surface area contributed by atoms with Crippen molar-refractivity contribution in [2.24, 2.45) is 0 Å². The Bertz CT molecular complexity index is 638. The Hall–Kier alpha value is -2.31. The van der Waals surface area contributed by atoms with Crippen LogP contribution in [0.3, 0.4) is 0 Å². The highest BCUT2D eigenvalue weighted by atomic mass is 19.4. The van der Waals surface area contributed by atoms with Crippen LogP contribution < -0.4 is 11.1 Å². The van der Waals surface area contributed by atoms with Gasteiger partial charge in [0.15, 0.2) is 0 Å². The second kappa shape index (κ2) is 4.99. The van der Waals surface area contributed by atoms with E-state index in [-0.39, 0.29) is 11.6 Å². The normalized spacial score (nSPS) is 11.4. The zero-order valence-electron chi connectivity index (χ0n) is 10.4. The maximum absolute atomic E-state index is 13.4. The van der Waals surface area contributed by atoms with Crippen LogP contribution in [-0.4, -0.2) is 4.98 Å². The van der Waals surface area contributed by atoms with Crippen molar-refractivity contribution in [2.75, 3.05) is 11.1 Å². The van der Waals surface area contributed by atoms with Crippen molar-refractivity contribution in [1.29, 1.82) is 0 Å². The zero-order chi connectivity index (χ0) is 14.9. The van der Waals surface area contributed by atoms with Gasteiger partial charge < -0.3 is 11.1 Å². The van der Waals surface area contributed by atoms with E-state index in [9.17, 15) is 17.6 Å². The minimum atomic E-state index is -4.52. The molecule has 0 fully saturated rings. The summed E-state index contributed by atoms with van der Waals surface area (Å²) in [4.78, 5) is 3.74. The lowest BCUT2D eigenvalue weighted by molar-refractivity contribution is -0.137. The van der Waals surface area contributed by atoms with Crippen LogP contribution in [0.5, 0.6) is 0 Å². The third-order valence-corrected chi connectivity index (χ3v) is 2.62. The van der Waals surface area contributed by atoms with Gasteiger partial charge in [-0.05, 0) is 36.8 Å². The van der Waals surface area contributed by atoms with Crippen molar-refractivity contribution < 1.29 is 17.6 Å². The number of aryl methyl sites for hydroxylation is 1. The van der Waals surface area contributed by atoms with Gasteiger partial charge in [0.1, 0.15) is 17.5 Å². The van der Waals surface area contributed by atoms with Crippen molar-refractivity contribution in [3.05, 3.63) is 47.3 Å². The van der Waals surface area contributed by atoms with E-state index in [1.807, 2.05) is 0 Å². The second-order valence-electron chi connectivity index (χ2n) is 4.25. The maximum Gasteiger partial charge on any atom is 0.416 e. The Morgan fingerprint density at radius 2 is 1.85 bits per heavy atom. The van der Waals surface area contributed by atoms with E-state index < -0.39 is 17.6 Å². The van der Waals surface area contributed by atoms with Crippen LogP contribution >= 0.6 is 0 Å². The number of nitrogens with one attached hydrogen (secondary N) is 1. The number of hydrogen-bond acceptors (Lipinski definition) is 3. The molecule has 3 nitrogen and oxygen atoms in total. The molecule has 20 heavy (non-hydrogen) atoms. The number of benzene rings is 1. The lowest BCUT2D eigenvalue weighted by Crippen LogP contribution is -2.08. The van der Waals surface area contributed by atoms with Crippen LogP contribution in [0.2, 0.25) is 0 Å². The zero-order valence-corrected chi connectivity index (χ0v) is 10.4. The number of hydrogen-bond donors (Lipinski definition) is 2. The number of aromatic nitrogens is 1. The highest BCUT2D eigenvalue weighted by Gasteiger charge is 2.31. The van der Waals surface area contributed by atoms with Crippen molar-refractivity contribution in [3.63, 3.8) is 0 Å². The highest BCUT2D eigenvalue weighted by molar-refractivity contribution is 5.59. The summed E-state index contributed by atoms with van der Waals surface area (Å²) in [5, 5.41) is 2.59. The van der Waals surface area contributed by atoms with Gasteiger partial charge in [0.2, 0.25) is 0 Å². The summed E-state index contributed by atoms with van der Waals surface area (Å²) in [5.74, 6) is -0.828. The van der Waals surface area contributed by atoms with Gasteiger partial charge in [0.05, 0.1) is 5.56 Å². The van der Waals surface area contributed by atoms with E-state index in [1.54, 1.807) is 6.92 Å². The molecule has 2 aromatic rings. The molecule has 0 amide bonds. The Balaban J connectivity index is 2.33. The lowest BCUT2D eigenvalue weighted by Gasteiger charge is -2.11. The molecule has 0 aliphatic heterocycles. The van der Waals surface area contributed by atoms with Crippen molar-refractivity contribution in [1.82, 2.24) is 4.98 Å². The van der Waals surface area contributed by atoms with Gasteiger partial charge in [0.25, 0.3) is 0 Å². The summed E-state index contributed by atoms with van der Waals surface area (Å²) < 4.78 is 51.3. The minimum Gasteiger partial charge on any atom is -0.384 e. The molecule has 106 valence electrons. The molecule has 0 saturated heterocycles. The van der Waals surface area contributed by atoms with Crippen LogP contribution in [0.25, 0.3) is 0 Å².